The third kappa shape index (κ3) is 6.75. The molecule has 1 unspecified atom stereocenters. The summed E-state index contributed by atoms with van der Waals surface area (Å²) in [6.45, 7) is 4.67. The van der Waals surface area contributed by atoms with Gasteiger partial charge in [0.25, 0.3) is 11.2 Å². The Bertz CT molecular complexity index is 1210. The summed E-state index contributed by atoms with van der Waals surface area (Å²) in [5.41, 5.74) is -0.387. The molecule has 1 amide bonds. The van der Waals surface area contributed by atoms with Gasteiger partial charge in [-0.25, -0.2) is 4.79 Å². The van der Waals surface area contributed by atoms with Crippen molar-refractivity contribution in [1.82, 2.24) is 5.32 Å². The second-order valence-corrected chi connectivity index (χ2v) is 10.2. The molecule has 3 aromatic carbocycles. The number of unbranched alkanes of at least 4 members (excludes halogenated alkanes) is 1. The van der Waals surface area contributed by atoms with Gasteiger partial charge in [-0.1, -0.05) is 80.9 Å². The predicted molar refractivity (Wildman–Crippen MR) is 139 cm³/mol. The van der Waals surface area contributed by atoms with Crippen LogP contribution in [0.2, 0.25) is 0 Å². The van der Waals surface area contributed by atoms with Gasteiger partial charge >= 0.3 is 5.97 Å². The normalized spacial score (nSPS) is 13.2. The minimum Gasteiger partial charge on any atom is -0.487 e. The highest BCUT2D eigenvalue weighted by molar-refractivity contribution is 8.00. The molecule has 3 aromatic rings. The number of ether oxygens (including phenoxy) is 1. The Morgan fingerprint density at radius 2 is 1.72 bits per heavy atom. The van der Waals surface area contributed by atoms with Crippen molar-refractivity contribution >= 4 is 34.4 Å². The molecule has 0 aliphatic carbocycles. The lowest BCUT2D eigenvalue weighted by Gasteiger charge is -2.30. The molecule has 3 rings (SSSR count). The van der Waals surface area contributed by atoms with Crippen LogP contribution in [0.5, 0.6) is 5.75 Å². The molecule has 0 aliphatic heterocycles. The smallest absolute Gasteiger partial charge is 0.329 e. The molecule has 0 aromatic heterocycles. The second-order valence-electron chi connectivity index (χ2n) is 8.80. The SMILES string of the molecule is CCCCC(CC)(NC(=O)c1ccc2ccccc2c1OCc1ccc(SC(C)(F)F)cc1)C(=O)O. The number of carbonyl (C=O) groups excluding carboxylic acids is 1. The molecule has 8 heteroatoms. The first kappa shape index (κ1) is 27.5. The van der Waals surface area contributed by atoms with Gasteiger partial charge in [0.2, 0.25) is 0 Å². The molecule has 0 bridgehead atoms. The summed E-state index contributed by atoms with van der Waals surface area (Å²) in [5, 5.41) is 11.4. The van der Waals surface area contributed by atoms with Crippen molar-refractivity contribution in [2.45, 2.75) is 68.8 Å². The van der Waals surface area contributed by atoms with Crippen LogP contribution in [0.3, 0.4) is 0 Å². The number of nitrogens with one attached hydrogen (secondary N) is 1. The quantitative estimate of drug-likeness (QED) is 0.248. The molecule has 5 nitrogen and oxygen atoms in total. The first-order valence-corrected chi connectivity index (χ1v) is 12.8. The number of alkyl halides is 2. The lowest BCUT2D eigenvalue weighted by Crippen LogP contribution is -2.54. The molecule has 0 saturated heterocycles. The summed E-state index contributed by atoms with van der Waals surface area (Å²) >= 11 is 0.472. The van der Waals surface area contributed by atoms with Gasteiger partial charge in [0.1, 0.15) is 17.9 Å². The van der Waals surface area contributed by atoms with Gasteiger partial charge in [0.15, 0.2) is 0 Å². The van der Waals surface area contributed by atoms with Crippen molar-refractivity contribution in [3.63, 3.8) is 0 Å². The number of carboxylic acid groups (broad SMARTS) is 1. The maximum Gasteiger partial charge on any atom is 0.329 e. The fourth-order valence-electron chi connectivity index (χ4n) is 4.00. The number of aliphatic carboxylic acids is 1. The van der Waals surface area contributed by atoms with E-state index in [0.29, 0.717) is 40.6 Å². The van der Waals surface area contributed by atoms with Gasteiger partial charge in [0, 0.05) is 17.2 Å². The van der Waals surface area contributed by atoms with Crippen LogP contribution in [0.1, 0.15) is 62.4 Å². The van der Waals surface area contributed by atoms with Crippen molar-refractivity contribution in [3.05, 3.63) is 71.8 Å². The number of rotatable bonds is 12. The van der Waals surface area contributed by atoms with E-state index in [0.717, 1.165) is 24.3 Å². The van der Waals surface area contributed by atoms with E-state index in [-0.39, 0.29) is 18.6 Å². The minimum atomic E-state index is -2.87. The highest BCUT2D eigenvalue weighted by Crippen LogP contribution is 2.35. The number of thioether (sulfide) groups is 1. The Morgan fingerprint density at radius 1 is 1.03 bits per heavy atom. The monoisotopic (exact) mass is 515 g/mol. The number of hydrogen-bond donors (Lipinski definition) is 2. The van der Waals surface area contributed by atoms with Crippen molar-refractivity contribution in [1.29, 1.82) is 0 Å². The molecule has 0 aliphatic rings. The number of carboxylic acids is 1. The Kier molecular flexibility index (Phi) is 8.95. The Labute approximate surface area is 214 Å². The fourth-order valence-corrected chi connectivity index (χ4v) is 4.68. The first-order chi connectivity index (χ1) is 17.1. The summed E-state index contributed by atoms with van der Waals surface area (Å²) in [4.78, 5) is 26.0. The summed E-state index contributed by atoms with van der Waals surface area (Å²) in [7, 11) is 0. The van der Waals surface area contributed by atoms with E-state index in [1.54, 1.807) is 43.3 Å². The molecule has 0 spiro atoms. The fraction of sp³-hybridized carbons (Fsp3) is 0.357. The number of amides is 1. The molecule has 0 heterocycles. The van der Waals surface area contributed by atoms with Gasteiger partial charge in [-0.2, -0.15) is 8.78 Å². The Morgan fingerprint density at radius 3 is 2.33 bits per heavy atom. The minimum absolute atomic E-state index is 0.107. The zero-order valence-electron chi connectivity index (χ0n) is 20.6. The summed E-state index contributed by atoms with van der Waals surface area (Å²) in [6.07, 6.45) is 2.05. The van der Waals surface area contributed by atoms with E-state index in [1.807, 2.05) is 31.2 Å². The molecule has 1 atom stereocenters. The molecule has 2 N–H and O–H groups in total. The van der Waals surface area contributed by atoms with Crippen LogP contribution >= 0.6 is 11.8 Å². The van der Waals surface area contributed by atoms with E-state index in [4.69, 9.17) is 4.74 Å². The molecule has 0 fully saturated rings. The van der Waals surface area contributed by atoms with Crippen LogP contribution in [0.25, 0.3) is 10.8 Å². The topological polar surface area (TPSA) is 75.6 Å². The van der Waals surface area contributed by atoms with Gasteiger partial charge in [0.05, 0.1) is 5.56 Å². The van der Waals surface area contributed by atoms with E-state index in [1.165, 1.54) is 0 Å². The van der Waals surface area contributed by atoms with Gasteiger partial charge in [-0.15, -0.1) is 0 Å². The third-order valence-electron chi connectivity index (χ3n) is 6.05. The summed E-state index contributed by atoms with van der Waals surface area (Å²) in [6, 6.07) is 17.5. The van der Waals surface area contributed by atoms with E-state index < -0.39 is 22.7 Å². The van der Waals surface area contributed by atoms with Gasteiger partial charge in [-0.05, 0) is 42.0 Å². The highest BCUT2D eigenvalue weighted by Gasteiger charge is 2.38. The van der Waals surface area contributed by atoms with Crippen molar-refractivity contribution < 1.29 is 28.2 Å². The highest BCUT2D eigenvalue weighted by atomic mass is 32.2. The first-order valence-electron chi connectivity index (χ1n) is 11.9. The van der Waals surface area contributed by atoms with Crippen molar-refractivity contribution in [3.8, 4) is 5.75 Å². The van der Waals surface area contributed by atoms with Crippen LogP contribution in [0.15, 0.2) is 65.6 Å². The molecular weight excluding hydrogens is 484 g/mol. The number of hydrogen-bond acceptors (Lipinski definition) is 4. The molecule has 192 valence electrons. The van der Waals surface area contributed by atoms with Crippen molar-refractivity contribution in [2.75, 3.05) is 0 Å². The number of carbonyl (C=O) groups is 2. The lowest BCUT2D eigenvalue weighted by molar-refractivity contribution is -0.145. The van der Waals surface area contributed by atoms with Crippen LogP contribution in [-0.4, -0.2) is 27.8 Å². The maximum atomic E-state index is 13.4. The van der Waals surface area contributed by atoms with Crippen LogP contribution in [0.4, 0.5) is 8.78 Å². The third-order valence-corrected chi connectivity index (χ3v) is 6.92. The van der Waals surface area contributed by atoms with E-state index >= 15 is 0 Å². The van der Waals surface area contributed by atoms with Gasteiger partial charge in [-0.3, -0.25) is 4.79 Å². The molecule has 0 radical (unpaired) electrons. The maximum absolute atomic E-state index is 13.4. The van der Waals surface area contributed by atoms with Crippen LogP contribution < -0.4 is 10.1 Å². The zero-order chi connectivity index (χ0) is 26.3. The molecule has 36 heavy (non-hydrogen) atoms. The Balaban J connectivity index is 1.91. The number of benzene rings is 3. The van der Waals surface area contributed by atoms with E-state index in [2.05, 4.69) is 5.32 Å². The largest absolute Gasteiger partial charge is 0.487 e. The van der Waals surface area contributed by atoms with Crippen molar-refractivity contribution in [2.24, 2.45) is 0 Å². The molecular formula is C28H31F2NO4S. The van der Waals surface area contributed by atoms with E-state index in [9.17, 15) is 23.5 Å². The number of fused-ring (bicyclic) bond motifs is 1. The van der Waals surface area contributed by atoms with Crippen LogP contribution in [-0.2, 0) is 11.4 Å². The van der Waals surface area contributed by atoms with Crippen LogP contribution in [0, 0.1) is 0 Å². The average Bonchev–Trinajstić information content (AvgIpc) is 2.84. The predicted octanol–water partition coefficient (Wildman–Crippen LogP) is 7.28. The Hall–Kier alpha value is -3.13. The standard InChI is InChI=1S/C28H31F2NO4S/c1-4-6-17-28(5-2,26(33)34)31-25(32)23-16-13-20-9-7-8-10-22(20)24(23)35-18-19-11-14-21(15-12-19)36-27(3,29)30/h7-16H,4-6,17-18H2,1-3H3,(H,31,32)(H,33,34). The zero-order valence-corrected chi connectivity index (χ0v) is 21.5. The number of halogens is 2. The molecule has 0 saturated carbocycles. The summed E-state index contributed by atoms with van der Waals surface area (Å²) in [5.74, 6) is -1.24. The second kappa shape index (κ2) is 11.7. The average molecular weight is 516 g/mol. The lowest BCUT2D eigenvalue weighted by atomic mass is 9.89. The van der Waals surface area contributed by atoms with Gasteiger partial charge < -0.3 is 15.2 Å². The summed E-state index contributed by atoms with van der Waals surface area (Å²) < 4.78 is 32.7.